The molecular formula is C34H47N3O2. The van der Waals surface area contributed by atoms with Crippen molar-refractivity contribution in [3.63, 3.8) is 0 Å². The first-order chi connectivity index (χ1) is 18.8. The average Bonchev–Trinajstić information content (AvgIpc) is 3.21. The highest BCUT2D eigenvalue weighted by atomic mass is 16.2. The zero-order valence-corrected chi connectivity index (χ0v) is 24.2. The number of amides is 2. The Balaban J connectivity index is 1.17. The Kier molecular flexibility index (Phi) is 8.46. The van der Waals surface area contributed by atoms with E-state index in [-0.39, 0.29) is 23.1 Å². The quantitative estimate of drug-likeness (QED) is 0.376. The lowest BCUT2D eigenvalue weighted by molar-refractivity contribution is -0.127. The standard InChI is InChI=1S/C34H47N3O2/c1-33(2,3)24-36-32(39)34(29-17-9-7-15-27(29)28-16-8-10-18-30(28)34)19-11-12-20-37-22-25(23-37)21-35-31(38)26-13-5-4-6-14-26/h7-10,15-18,25-26H,4-6,11-14,19-24H2,1-3H3,(H,35,38)(H,36,39). The number of hydrogen-bond acceptors (Lipinski definition) is 3. The van der Waals surface area contributed by atoms with Gasteiger partial charge in [-0.15, -0.1) is 0 Å². The highest BCUT2D eigenvalue weighted by Gasteiger charge is 2.48. The maximum Gasteiger partial charge on any atom is 0.235 e. The summed E-state index contributed by atoms with van der Waals surface area (Å²) in [4.78, 5) is 29.0. The molecule has 2 N–H and O–H groups in total. The molecule has 1 saturated carbocycles. The third kappa shape index (κ3) is 6.09. The van der Waals surface area contributed by atoms with Gasteiger partial charge < -0.3 is 15.5 Å². The van der Waals surface area contributed by atoms with Crippen LogP contribution in [0.25, 0.3) is 11.1 Å². The van der Waals surface area contributed by atoms with Crippen molar-refractivity contribution in [3.05, 3.63) is 59.7 Å². The number of nitrogens with one attached hydrogen (secondary N) is 2. The maximum absolute atomic E-state index is 14.1. The fourth-order valence-electron chi connectivity index (χ4n) is 6.92. The number of nitrogens with zero attached hydrogens (tertiary/aromatic N) is 1. The molecule has 5 heteroatoms. The fourth-order valence-corrected chi connectivity index (χ4v) is 6.92. The van der Waals surface area contributed by atoms with Gasteiger partial charge in [0.2, 0.25) is 11.8 Å². The maximum atomic E-state index is 14.1. The van der Waals surface area contributed by atoms with Crippen molar-refractivity contribution < 1.29 is 9.59 Å². The summed E-state index contributed by atoms with van der Waals surface area (Å²) in [7, 11) is 0. The summed E-state index contributed by atoms with van der Waals surface area (Å²) < 4.78 is 0. The Morgan fingerprint density at radius 3 is 2.10 bits per heavy atom. The Morgan fingerprint density at radius 1 is 0.872 bits per heavy atom. The number of carbonyl (C=O) groups is 2. The van der Waals surface area contributed by atoms with Gasteiger partial charge in [0.05, 0.1) is 0 Å². The Morgan fingerprint density at radius 2 is 1.49 bits per heavy atom. The first-order valence-electron chi connectivity index (χ1n) is 15.3. The van der Waals surface area contributed by atoms with Crippen LogP contribution in [-0.4, -0.2) is 49.4 Å². The molecule has 5 rings (SSSR count). The molecule has 0 radical (unpaired) electrons. The minimum Gasteiger partial charge on any atom is -0.355 e. The fraction of sp³-hybridized carbons (Fsp3) is 0.588. The van der Waals surface area contributed by atoms with E-state index in [2.05, 4.69) is 84.8 Å². The number of fused-ring (bicyclic) bond motifs is 3. The summed E-state index contributed by atoms with van der Waals surface area (Å²) in [5, 5.41) is 6.56. The van der Waals surface area contributed by atoms with Gasteiger partial charge in [0.1, 0.15) is 5.41 Å². The van der Waals surface area contributed by atoms with E-state index in [0.29, 0.717) is 12.5 Å². The zero-order valence-electron chi connectivity index (χ0n) is 24.2. The smallest absolute Gasteiger partial charge is 0.235 e. The van der Waals surface area contributed by atoms with Crippen LogP contribution in [0.3, 0.4) is 0 Å². The Labute approximate surface area is 235 Å². The molecule has 2 aromatic rings. The van der Waals surface area contributed by atoms with Crippen LogP contribution in [0.5, 0.6) is 0 Å². The van der Waals surface area contributed by atoms with E-state index in [1.165, 1.54) is 30.4 Å². The average molecular weight is 530 g/mol. The molecule has 3 aliphatic rings. The van der Waals surface area contributed by atoms with Crippen molar-refractivity contribution in [1.82, 2.24) is 15.5 Å². The second-order valence-electron chi connectivity index (χ2n) is 13.4. The van der Waals surface area contributed by atoms with Crippen LogP contribution in [0.4, 0.5) is 0 Å². The van der Waals surface area contributed by atoms with Gasteiger partial charge in [-0.3, -0.25) is 9.59 Å². The van der Waals surface area contributed by atoms with Crippen molar-refractivity contribution in [1.29, 1.82) is 0 Å². The number of likely N-dealkylation sites (tertiary alicyclic amines) is 1. The SMILES string of the molecule is CC(C)(C)CNC(=O)C1(CCCCN2CC(CNC(=O)C3CCCCC3)C2)c2ccccc2-c2ccccc21. The molecule has 0 atom stereocenters. The van der Waals surface area contributed by atoms with Crippen LogP contribution in [-0.2, 0) is 15.0 Å². The Bertz CT molecular complexity index is 1110. The summed E-state index contributed by atoms with van der Waals surface area (Å²) >= 11 is 0. The molecule has 1 saturated heterocycles. The predicted molar refractivity (Wildman–Crippen MR) is 158 cm³/mol. The topological polar surface area (TPSA) is 61.4 Å². The largest absolute Gasteiger partial charge is 0.355 e. The van der Waals surface area contributed by atoms with Crippen molar-refractivity contribution in [2.75, 3.05) is 32.7 Å². The highest BCUT2D eigenvalue weighted by Crippen LogP contribution is 2.51. The van der Waals surface area contributed by atoms with Crippen molar-refractivity contribution >= 4 is 11.8 Å². The molecule has 1 heterocycles. The minimum absolute atomic E-state index is 0.0262. The van der Waals surface area contributed by atoms with Gasteiger partial charge in [0, 0.05) is 38.0 Å². The van der Waals surface area contributed by atoms with Crippen LogP contribution < -0.4 is 10.6 Å². The first-order valence-corrected chi connectivity index (χ1v) is 15.3. The molecule has 1 aliphatic heterocycles. The monoisotopic (exact) mass is 529 g/mol. The van der Waals surface area contributed by atoms with Crippen molar-refractivity contribution in [3.8, 4) is 11.1 Å². The van der Waals surface area contributed by atoms with Gasteiger partial charge in [0.15, 0.2) is 0 Å². The van der Waals surface area contributed by atoms with Gasteiger partial charge in [-0.2, -0.15) is 0 Å². The lowest BCUT2D eigenvalue weighted by atomic mass is 9.73. The molecule has 210 valence electrons. The molecule has 0 unspecified atom stereocenters. The van der Waals surface area contributed by atoms with E-state index in [9.17, 15) is 9.59 Å². The number of carbonyl (C=O) groups excluding carboxylic acids is 2. The molecule has 5 nitrogen and oxygen atoms in total. The number of benzene rings is 2. The summed E-state index contributed by atoms with van der Waals surface area (Å²) in [5.41, 5.74) is 4.07. The normalized spacial score (nSPS) is 19.2. The third-order valence-electron chi connectivity index (χ3n) is 9.08. The van der Waals surface area contributed by atoms with Gasteiger partial charge in [-0.1, -0.05) is 95.0 Å². The van der Waals surface area contributed by atoms with Gasteiger partial charge >= 0.3 is 0 Å². The van der Waals surface area contributed by atoms with Crippen LogP contribution in [0.15, 0.2) is 48.5 Å². The summed E-state index contributed by atoms with van der Waals surface area (Å²) in [6.45, 7) is 11.1. The summed E-state index contributed by atoms with van der Waals surface area (Å²) in [6.07, 6.45) is 8.68. The number of rotatable bonds is 10. The second-order valence-corrected chi connectivity index (χ2v) is 13.4. The molecule has 2 aromatic carbocycles. The zero-order chi connectivity index (χ0) is 27.5. The Hall–Kier alpha value is -2.66. The van der Waals surface area contributed by atoms with E-state index in [1.54, 1.807) is 0 Å². The number of unbranched alkanes of at least 4 members (excludes halogenated alkanes) is 1. The van der Waals surface area contributed by atoms with Crippen LogP contribution >= 0.6 is 0 Å². The third-order valence-corrected chi connectivity index (χ3v) is 9.08. The molecule has 2 aliphatic carbocycles. The molecule has 2 amide bonds. The van der Waals surface area contributed by atoms with Crippen LogP contribution in [0.2, 0.25) is 0 Å². The van der Waals surface area contributed by atoms with Crippen LogP contribution in [0.1, 0.15) is 83.3 Å². The van der Waals surface area contributed by atoms with E-state index in [0.717, 1.165) is 69.4 Å². The molecule has 0 bridgehead atoms. The van der Waals surface area contributed by atoms with E-state index in [4.69, 9.17) is 0 Å². The molecule has 0 aromatic heterocycles. The van der Waals surface area contributed by atoms with E-state index >= 15 is 0 Å². The van der Waals surface area contributed by atoms with Gasteiger partial charge in [-0.05, 0) is 59.9 Å². The van der Waals surface area contributed by atoms with E-state index in [1.807, 2.05) is 0 Å². The molecule has 39 heavy (non-hydrogen) atoms. The van der Waals surface area contributed by atoms with Gasteiger partial charge in [0.25, 0.3) is 0 Å². The van der Waals surface area contributed by atoms with Gasteiger partial charge in [-0.25, -0.2) is 0 Å². The van der Waals surface area contributed by atoms with Crippen molar-refractivity contribution in [2.45, 2.75) is 77.6 Å². The molecule has 2 fully saturated rings. The highest BCUT2D eigenvalue weighted by molar-refractivity contribution is 6.00. The van der Waals surface area contributed by atoms with E-state index < -0.39 is 5.41 Å². The van der Waals surface area contributed by atoms with Crippen LogP contribution in [0, 0.1) is 17.3 Å². The second kappa shape index (κ2) is 11.8. The lowest BCUT2D eigenvalue weighted by Gasteiger charge is -2.40. The minimum atomic E-state index is -0.640. The molecule has 0 spiro atoms. The van der Waals surface area contributed by atoms with Crippen molar-refractivity contribution in [2.24, 2.45) is 17.3 Å². The predicted octanol–water partition coefficient (Wildman–Crippen LogP) is 5.91. The molecular weight excluding hydrogens is 482 g/mol. The summed E-state index contributed by atoms with van der Waals surface area (Å²) in [6, 6.07) is 17.0. The first kappa shape index (κ1) is 27.9. The number of hydrogen-bond donors (Lipinski definition) is 2. The lowest BCUT2D eigenvalue weighted by Crippen LogP contribution is -2.52. The summed E-state index contributed by atoms with van der Waals surface area (Å²) in [5.74, 6) is 1.22.